The van der Waals surface area contributed by atoms with E-state index in [1.165, 1.54) is 11.1 Å². The highest BCUT2D eigenvalue weighted by Crippen LogP contribution is 2.10. The third-order valence-corrected chi connectivity index (χ3v) is 6.24. The van der Waals surface area contributed by atoms with Gasteiger partial charge in [0.15, 0.2) is 0 Å². The summed E-state index contributed by atoms with van der Waals surface area (Å²) < 4.78 is 11.5. The summed E-state index contributed by atoms with van der Waals surface area (Å²) in [5.41, 5.74) is 4.71. The van der Waals surface area contributed by atoms with Crippen LogP contribution in [0.5, 0.6) is 0 Å². The minimum Gasteiger partial charge on any atom is -0.376 e. The number of rotatable bonds is 15. The highest BCUT2D eigenvalue weighted by molar-refractivity contribution is 8.02. The van der Waals surface area contributed by atoms with E-state index >= 15 is 0 Å². The number of thioether (sulfide) groups is 2. The molecule has 0 aliphatic heterocycles. The van der Waals surface area contributed by atoms with Gasteiger partial charge in [0.2, 0.25) is 0 Å². The molecule has 4 heteroatoms. The molecule has 0 unspecified atom stereocenters. The van der Waals surface area contributed by atoms with Crippen LogP contribution in [-0.4, -0.2) is 36.2 Å². The predicted molar refractivity (Wildman–Crippen MR) is 127 cm³/mol. The van der Waals surface area contributed by atoms with E-state index in [-0.39, 0.29) is 0 Å². The van der Waals surface area contributed by atoms with Crippen LogP contribution in [0.4, 0.5) is 0 Å². The van der Waals surface area contributed by atoms with Gasteiger partial charge in [0.05, 0.1) is 26.4 Å². The molecule has 2 aromatic rings. The average molecular weight is 415 g/mol. The fraction of sp³-hybridized carbons (Fsp3) is 0.333. The van der Waals surface area contributed by atoms with Crippen molar-refractivity contribution in [2.45, 2.75) is 13.2 Å². The molecule has 150 valence electrons. The van der Waals surface area contributed by atoms with E-state index < -0.39 is 0 Å². The Bertz CT molecular complexity index is 619. The van der Waals surface area contributed by atoms with Crippen molar-refractivity contribution in [2.24, 2.45) is 0 Å². The number of benzene rings is 2. The fourth-order valence-electron chi connectivity index (χ4n) is 2.44. The first-order valence-corrected chi connectivity index (χ1v) is 11.9. The van der Waals surface area contributed by atoms with Crippen molar-refractivity contribution in [2.75, 3.05) is 36.2 Å². The van der Waals surface area contributed by atoms with Crippen molar-refractivity contribution in [3.63, 3.8) is 0 Å². The molecule has 2 aromatic carbocycles. The molecule has 2 rings (SSSR count). The molecule has 0 aliphatic rings. The number of hydrogen-bond acceptors (Lipinski definition) is 4. The maximum absolute atomic E-state index is 5.73. The predicted octanol–water partition coefficient (Wildman–Crippen LogP) is 6.17. The first-order chi connectivity index (χ1) is 13.8. The summed E-state index contributed by atoms with van der Waals surface area (Å²) in [5, 5.41) is 0. The van der Waals surface area contributed by atoms with Crippen molar-refractivity contribution in [3.05, 3.63) is 83.9 Å². The fourth-order valence-corrected chi connectivity index (χ4v) is 4.26. The average Bonchev–Trinajstić information content (AvgIpc) is 2.75. The molecule has 0 N–H and O–H groups in total. The Labute approximate surface area is 178 Å². The molecule has 0 saturated heterocycles. The van der Waals surface area contributed by atoms with Gasteiger partial charge in [-0.25, -0.2) is 0 Å². The second kappa shape index (κ2) is 14.5. The first kappa shape index (κ1) is 22.8. The molecule has 0 aliphatic carbocycles. The Balaban J connectivity index is 1.37. The van der Waals surface area contributed by atoms with Gasteiger partial charge >= 0.3 is 0 Å². The minimum absolute atomic E-state index is 0.681. The third-order valence-electron chi connectivity index (χ3n) is 4.08. The number of hydrogen-bond donors (Lipinski definition) is 0. The molecule has 2 nitrogen and oxygen atoms in total. The Kier molecular flexibility index (Phi) is 11.8. The maximum atomic E-state index is 5.73. The van der Waals surface area contributed by atoms with Gasteiger partial charge in [-0.15, -0.1) is 0 Å². The zero-order chi connectivity index (χ0) is 19.9. The van der Waals surface area contributed by atoms with Gasteiger partial charge in [-0.1, -0.05) is 73.8 Å². The van der Waals surface area contributed by atoms with Crippen molar-refractivity contribution < 1.29 is 9.47 Å². The van der Waals surface area contributed by atoms with Crippen LogP contribution in [0.15, 0.2) is 61.7 Å². The molecule has 0 amide bonds. The lowest BCUT2D eigenvalue weighted by atomic mass is 10.1. The molecular weight excluding hydrogens is 384 g/mol. The van der Waals surface area contributed by atoms with Crippen molar-refractivity contribution in [3.8, 4) is 0 Å². The van der Waals surface area contributed by atoms with E-state index in [2.05, 4.69) is 61.7 Å². The summed E-state index contributed by atoms with van der Waals surface area (Å²) in [6.07, 6.45) is 3.71. The Hall–Kier alpha value is -1.46. The van der Waals surface area contributed by atoms with Crippen LogP contribution in [0.1, 0.15) is 22.3 Å². The van der Waals surface area contributed by atoms with E-state index in [9.17, 15) is 0 Å². The molecule has 0 aromatic heterocycles. The lowest BCUT2D eigenvalue weighted by Gasteiger charge is -2.06. The highest BCUT2D eigenvalue weighted by Gasteiger charge is 1.97. The lowest BCUT2D eigenvalue weighted by molar-refractivity contribution is 0.136. The third kappa shape index (κ3) is 9.65. The monoisotopic (exact) mass is 414 g/mol. The first-order valence-electron chi connectivity index (χ1n) is 9.55. The van der Waals surface area contributed by atoms with Gasteiger partial charge in [-0.2, -0.15) is 23.5 Å². The van der Waals surface area contributed by atoms with E-state index in [4.69, 9.17) is 9.47 Å². The lowest BCUT2D eigenvalue weighted by Crippen LogP contribution is -2.01. The molecular formula is C24H30O2S2. The van der Waals surface area contributed by atoms with Crippen molar-refractivity contribution in [1.82, 2.24) is 0 Å². The van der Waals surface area contributed by atoms with Gasteiger partial charge in [0, 0.05) is 23.0 Å². The summed E-state index contributed by atoms with van der Waals surface area (Å²) in [6, 6.07) is 16.7. The molecule has 0 bridgehead atoms. The second-order valence-corrected chi connectivity index (χ2v) is 8.67. The second-order valence-electron chi connectivity index (χ2n) is 6.22. The van der Waals surface area contributed by atoms with Gasteiger partial charge in [0.1, 0.15) is 0 Å². The normalized spacial score (nSPS) is 10.7. The van der Waals surface area contributed by atoms with Crippen LogP contribution >= 0.6 is 23.5 Å². The summed E-state index contributed by atoms with van der Waals surface area (Å²) in [7, 11) is 0. The van der Waals surface area contributed by atoms with Gasteiger partial charge < -0.3 is 9.47 Å². The van der Waals surface area contributed by atoms with Gasteiger partial charge in [-0.3, -0.25) is 0 Å². The zero-order valence-electron chi connectivity index (χ0n) is 16.5. The topological polar surface area (TPSA) is 18.5 Å². The van der Waals surface area contributed by atoms with E-state index in [1.807, 2.05) is 35.7 Å². The van der Waals surface area contributed by atoms with Crippen LogP contribution in [-0.2, 0) is 22.7 Å². The number of ether oxygens (including phenoxy) is 2. The van der Waals surface area contributed by atoms with Crippen molar-refractivity contribution in [1.29, 1.82) is 0 Å². The molecule has 28 heavy (non-hydrogen) atoms. The Morgan fingerprint density at radius 1 is 0.607 bits per heavy atom. The Morgan fingerprint density at radius 3 is 1.36 bits per heavy atom. The van der Waals surface area contributed by atoms with E-state index in [0.29, 0.717) is 13.2 Å². The molecule has 0 atom stereocenters. The highest BCUT2D eigenvalue weighted by atomic mass is 32.2. The minimum atomic E-state index is 0.681. The smallest absolute Gasteiger partial charge is 0.0717 e. The molecule has 0 radical (unpaired) electrons. The van der Waals surface area contributed by atoms with E-state index in [1.54, 1.807) is 0 Å². The van der Waals surface area contributed by atoms with Crippen LogP contribution < -0.4 is 0 Å². The standard InChI is InChI=1S/C24H30O2S2/c1-3-21-5-9-23(10-6-21)19-25-13-15-27-17-18-28-16-14-26-20-24-11-7-22(4-2)8-12-24/h3-12H,1-2,13-20H2. The molecule has 0 saturated carbocycles. The van der Waals surface area contributed by atoms with Crippen LogP contribution in [0.25, 0.3) is 12.2 Å². The summed E-state index contributed by atoms with van der Waals surface area (Å²) >= 11 is 3.90. The summed E-state index contributed by atoms with van der Waals surface area (Å²) in [4.78, 5) is 0. The molecule has 0 fully saturated rings. The van der Waals surface area contributed by atoms with Crippen LogP contribution in [0, 0.1) is 0 Å². The van der Waals surface area contributed by atoms with Gasteiger partial charge in [-0.05, 0) is 22.3 Å². The Morgan fingerprint density at radius 2 is 1.00 bits per heavy atom. The van der Waals surface area contributed by atoms with E-state index in [0.717, 1.165) is 47.4 Å². The zero-order valence-corrected chi connectivity index (χ0v) is 18.1. The van der Waals surface area contributed by atoms with Gasteiger partial charge in [0.25, 0.3) is 0 Å². The summed E-state index contributed by atoms with van der Waals surface area (Å²) in [5.74, 6) is 4.40. The quantitative estimate of drug-likeness (QED) is 0.324. The SMILES string of the molecule is C=Cc1ccc(COCCSCCSCCOCc2ccc(C=C)cc2)cc1. The maximum Gasteiger partial charge on any atom is 0.0717 e. The largest absolute Gasteiger partial charge is 0.376 e. The van der Waals surface area contributed by atoms with Crippen LogP contribution in [0.3, 0.4) is 0 Å². The van der Waals surface area contributed by atoms with Crippen molar-refractivity contribution >= 4 is 35.7 Å². The molecule has 0 spiro atoms. The molecule has 0 heterocycles. The van der Waals surface area contributed by atoms with Crippen LogP contribution in [0.2, 0.25) is 0 Å². The summed E-state index contributed by atoms with van der Waals surface area (Å²) in [6.45, 7) is 10.5.